The van der Waals surface area contributed by atoms with Crippen molar-refractivity contribution >= 4 is 0 Å². The number of H-pyrrole nitrogens is 1. The summed E-state index contributed by atoms with van der Waals surface area (Å²) >= 11 is 0. The van der Waals surface area contributed by atoms with Gasteiger partial charge in [0.05, 0.1) is 5.69 Å². The minimum Gasteiger partial charge on any atom is -0.309 e. The van der Waals surface area contributed by atoms with Crippen LogP contribution in [0.4, 0.5) is 0 Å². The van der Waals surface area contributed by atoms with Gasteiger partial charge in [-0.1, -0.05) is 13.8 Å². The maximum atomic E-state index is 10.6. The van der Waals surface area contributed by atoms with Crippen LogP contribution in [0.3, 0.4) is 0 Å². The number of hydrogen-bond acceptors (Lipinski definition) is 3. The number of aromatic nitrogens is 2. The van der Waals surface area contributed by atoms with E-state index in [4.69, 9.17) is 0 Å². The van der Waals surface area contributed by atoms with Crippen LogP contribution in [0.1, 0.15) is 19.5 Å². The fourth-order valence-corrected chi connectivity index (χ4v) is 0.780. The Morgan fingerprint density at radius 1 is 1.58 bits per heavy atom. The molecular weight excluding hydrogens is 154 g/mol. The van der Waals surface area contributed by atoms with Crippen molar-refractivity contribution in [2.75, 3.05) is 0 Å². The van der Waals surface area contributed by atoms with Gasteiger partial charge < -0.3 is 5.32 Å². The molecule has 0 saturated heterocycles. The van der Waals surface area contributed by atoms with E-state index < -0.39 is 0 Å². The van der Waals surface area contributed by atoms with Gasteiger partial charge >= 0.3 is 0 Å². The predicted octanol–water partition coefficient (Wildman–Crippen LogP) is 0.268. The van der Waals surface area contributed by atoms with Crippen molar-refractivity contribution in [3.63, 3.8) is 0 Å². The second-order valence-electron chi connectivity index (χ2n) is 2.95. The zero-order valence-electron chi connectivity index (χ0n) is 7.29. The summed E-state index contributed by atoms with van der Waals surface area (Å²) in [5.74, 6) is 0. The SMILES string of the molecule is CC(C)NCc1ccc(=O)[nH]n1. The molecule has 0 atom stereocenters. The predicted molar refractivity (Wildman–Crippen MR) is 46.8 cm³/mol. The highest BCUT2D eigenvalue weighted by atomic mass is 16.1. The van der Waals surface area contributed by atoms with Crippen LogP contribution in [0.15, 0.2) is 16.9 Å². The summed E-state index contributed by atoms with van der Waals surface area (Å²) in [6, 6.07) is 3.62. The molecule has 0 aliphatic heterocycles. The highest BCUT2D eigenvalue weighted by Crippen LogP contribution is 1.88. The highest BCUT2D eigenvalue weighted by molar-refractivity contribution is 4.98. The monoisotopic (exact) mass is 167 g/mol. The summed E-state index contributed by atoms with van der Waals surface area (Å²) in [6.07, 6.45) is 0. The molecule has 2 N–H and O–H groups in total. The standard InChI is InChI=1S/C8H13N3O/c1-6(2)9-5-7-3-4-8(12)11-10-7/h3-4,6,9H,5H2,1-2H3,(H,11,12). The molecule has 0 aliphatic carbocycles. The van der Waals surface area contributed by atoms with Crippen molar-refractivity contribution < 1.29 is 0 Å². The van der Waals surface area contributed by atoms with Crippen molar-refractivity contribution in [2.45, 2.75) is 26.4 Å². The molecule has 0 amide bonds. The molecule has 0 aromatic carbocycles. The lowest BCUT2D eigenvalue weighted by Crippen LogP contribution is -2.23. The Morgan fingerprint density at radius 2 is 2.33 bits per heavy atom. The Kier molecular flexibility index (Phi) is 2.99. The van der Waals surface area contributed by atoms with Gasteiger partial charge in [0, 0.05) is 18.7 Å². The van der Waals surface area contributed by atoms with Crippen molar-refractivity contribution in [3.8, 4) is 0 Å². The summed E-state index contributed by atoms with van der Waals surface area (Å²) in [6.45, 7) is 4.81. The third kappa shape index (κ3) is 2.84. The highest BCUT2D eigenvalue weighted by Gasteiger charge is 1.95. The zero-order chi connectivity index (χ0) is 8.97. The second kappa shape index (κ2) is 4.01. The lowest BCUT2D eigenvalue weighted by atomic mass is 10.3. The van der Waals surface area contributed by atoms with E-state index in [2.05, 4.69) is 29.4 Å². The van der Waals surface area contributed by atoms with Gasteiger partial charge in [0.1, 0.15) is 0 Å². The molecule has 4 heteroatoms. The van der Waals surface area contributed by atoms with Gasteiger partial charge in [-0.15, -0.1) is 0 Å². The average Bonchev–Trinajstić information content (AvgIpc) is 2.03. The Bertz CT molecular complexity index is 272. The van der Waals surface area contributed by atoms with E-state index in [0.717, 1.165) is 5.69 Å². The van der Waals surface area contributed by atoms with Crippen molar-refractivity contribution in [2.24, 2.45) is 0 Å². The molecule has 1 heterocycles. The summed E-state index contributed by atoms with van der Waals surface area (Å²) in [5, 5.41) is 9.42. The first kappa shape index (κ1) is 8.93. The van der Waals surface area contributed by atoms with Crippen molar-refractivity contribution in [3.05, 3.63) is 28.2 Å². The first-order valence-electron chi connectivity index (χ1n) is 3.96. The summed E-state index contributed by atoms with van der Waals surface area (Å²) in [4.78, 5) is 10.6. The molecule has 0 spiro atoms. The minimum absolute atomic E-state index is 0.164. The van der Waals surface area contributed by atoms with Gasteiger partial charge in [-0.05, 0) is 6.07 Å². The quantitative estimate of drug-likeness (QED) is 0.679. The van der Waals surface area contributed by atoms with E-state index in [0.29, 0.717) is 12.6 Å². The van der Waals surface area contributed by atoms with Gasteiger partial charge in [0.2, 0.25) is 0 Å². The lowest BCUT2D eigenvalue weighted by Gasteiger charge is -2.05. The van der Waals surface area contributed by atoms with E-state index >= 15 is 0 Å². The van der Waals surface area contributed by atoms with Gasteiger partial charge in [-0.2, -0.15) is 5.10 Å². The second-order valence-corrected chi connectivity index (χ2v) is 2.95. The van der Waals surface area contributed by atoms with Crippen LogP contribution in [0.25, 0.3) is 0 Å². The molecule has 1 rings (SSSR count). The largest absolute Gasteiger partial charge is 0.309 e. The molecule has 66 valence electrons. The molecule has 12 heavy (non-hydrogen) atoms. The molecule has 0 fully saturated rings. The molecular formula is C8H13N3O. The molecule has 1 aromatic rings. The van der Waals surface area contributed by atoms with E-state index in [-0.39, 0.29) is 5.56 Å². The lowest BCUT2D eigenvalue weighted by molar-refractivity contribution is 0.577. The Balaban J connectivity index is 2.53. The molecule has 0 saturated carbocycles. The Morgan fingerprint density at radius 3 is 2.83 bits per heavy atom. The van der Waals surface area contributed by atoms with Crippen LogP contribution in [-0.4, -0.2) is 16.2 Å². The maximum Gasteiger partial charge on any atom is 0.264 e. The number of aromatic amines is 1. The van der Waals surface area contributed by atoms with Crippen LogP contribution in [0.5, 0.6) is 0 Å². The summed E-state index contributed by atoms with van der Waals surface area (Å²) < 4.78 is 0. The van der Waals surface area contributed by atoms with Gasteiger partial charge in [-0.25, -0.2) is 5.10 Å². The molecule has 0 bridgehead atoms. The number of hydrogen-bond donors (Lipinski definition) is 2. The molecule has 0 aliphatic rings. The van der Waals surface area contributed by atoms with E-state index in [1.165, 1.54) is 6.07 Å². The van der Waals surface area contributed by atoms with Gasteiger partial charge in [0.25, 0.3) is 5.56 Å². The molecule has 0 radical (unpaired) electrons. The third-order valence-electron chi connectivity index (χ3n) is 1.43. The normalized spacial score (nSPS) is 10.6. The summed E-state index contributed by atoms with van der Waals surface area (Å²) in [7, 11) is 0. The molecule has 4 nitrogen and oxygen atoms in total. The van der Waals surface area contributed by atoms with Gasteiger partial charge in [-0.3, -0.25) is 4.79 Å². The fraction of sp³-hybridized carbons (Fsp3) is 0.500. The van der Waals surface area contributed by atoms with Crippen LogP contribution in [0.2, 0.25) is 0 Å². The topological polar surface area (TPSA) is 57.8 Å². The minimum atomic E-state index is -0.164. The van der Waals surface area contributed by atoms with Crippen LogP contribution in [0, 0.1) is 0 Å². The van der Waals surface area contributed by atoms with Crippen molar-refractivity contribution in [1.82, 2.24) is 15.5 Å². The van der Waals surface area contributed by atoms with E-state index in [9.17, 15) is 4.79 Å². The van der Waals surface area contributed by atoms with Crippen LogP contribution < -0.4 is 10.9 Å². The van der Waals surface area contributed by atoms with Crippen molar-refractivity contribution in [1.29, 1.82) is 0 Å². The fourth-order valence-electron chi connectivity index (χ4n) is 0.780. The molecule has 0 unspecified atom stereocenters. The van der Waals surface area contributed by atoms with Crippen LogP contribution in [-0.2, 0) is 6.54 Å². The third-order valence-corrected chi connectivity index (χ3v) is 1.43. The smallest absolute Gasteiger partial charge is 0.264 e. The number of nitrogens with one attached hydrogen (secondary N) is 2. The first-order chi connectivity index (χ1) is 5.68. The number of rotatable bonds is 3. The maximum absolute atomic E-state index is 10.6. The van der Waals surface area contributed by atoms with Crippen LogP contribution >= 0.6 is 0 Å². The van der Waals surface area contributed by atoms with E-state index in [1.807, 2.05) is 0 Å². The average molecular weight is 167 g/mol. The van der Waals surface area contributed by atoms with Gasteiger partial charge in [0.15, 0.2) is 0 Å². The molecule has 1 aromatic heterocycles. The first-order valence-corrected chi connectivity index (χ1v) is 3.96. The Labute approximate surface area is 71.0 Å². The number of nitrogens with zero attached hydrogens (tertiary/aromatic N) is 1. The summed E-state index contributed by atoms with van der Waals surface area (Å²) in [5.41, 5.74) is 0.687. The Hall–Kier alpha value is -1.16. The van der Waals surface area contributed by atoms with E-state index in [1.54, 1.807) is 6.07 Å². The zero-order valence-corrected chi connectivity index (χ0v) is 7.29.